The van der Waals surface area contributed by atoms with E-state index in [-0.39, 0.29) is 0 Å². The van der Waals surface area contributed by atoms with E-state index in [1.807, 2.05) is 0 Å². The maximum absolute atomic E-state index is 5.79. The zero-order chi connectivity index (χ0) is 12.1. The third-order valence-electron chi connectivity index (χ3n) is 4.26. The molecule has 0 heterocycles. The molecular weight excluding hydrogens is 206 g/mol. The summed E-state index contributed by atoms with van der Waals surface area (Å²) in [6.07, 6.45) is 7.92. The first-order valence-electron chi connectivity index (χ1n) is 7.14. The molecule has 1 fully saturated rings. The molecule has 0 aliphatic heterocycles. The summed E-state index contributed by atoms with van der Waals surface area (Å²) in [5.41, 5.74) is 8.74. The molecule has 0 spiro atoms. The average molecular weight is 231 g/mol. The van der Waals surface area contributed by atoms with Crippen molar-refractivity contribution >= 4 is 0 Å². The van der Waals surface area contributed by atoms with E-state index in [1.165, 1.54) is 36.8 Å². The summed E-state index contributed by atoms with van der Waals surface area (Å²) in [5, 5.41) is 0. The maximum atomic E-state index is 5.79. The molecule has 1 atom stereocenters. The lowest BCUT2D eigenvalue weighted by Crippen LogP contribution is -2.14. The molecule has 0 amide bonds. The summed E-state index contributed by atoms with van der Waals surface area (Å²) in [6.45, 7) is 3.03. The van der Waals surface area contributed by atoms with Gasteiger partial charge >= 0.3 is 0 Å². The second-order valence-corrected chi connectivity index (χ2v) is 5.32. The first kappa shape index (κ1) is 12.6. The van der Waals surface area contributed by atoms with Crippen molar-refractivity contribution in [2.75, 3.05) is 6.54 Å². The largest absolute Gasteiger partial charge is 0.330 e. The zero-order valence-corrected chi connectivity index (χ0v) is 11.0. The van der Waals surface area contributed by atoms with Crippen LogP contribution in [0.4, 0.5) is 0 Å². The average Bonchev–Trinajstić information content (AvgIpc) is 2.90. The molecule has 0 saturated heterocycles. The Labute approximate surface area is 105 Å². The molecule has 1 saturated carbocycles. The molecule has 1 heteroatoms. The van der Waals surface area contributed by atoms with Gasteiger partial charge in [-0.3, -0.25) is 0 Å². The number of hydrogen-bond acceptors (Lipinski definition) is 1. The van der Waals surface area contributed by atoms with Crippen LogP contribution < -0.4 is 5.73 Å². The molecule has 17 heavy (non-hydrogen) atoms. The fourth-order valence-corrected chi connectivity index (χ4v) is 3.21. The van der Waals surface area contributed by atoms with Gasteiger partial charge in [0.2, 0.25) is 0 Å². The van der Waals surface area contributed by atoms with Gasteiger partial charge in [0.15, 0.2) is 0 Å². The molecule has 1 aromatic rings. The Kier molecular flexibility index (Phi) is 4.61. The standard InChI is InChI=1S/C16H25N/c1-2-13-7-9-15(10-8-13)16(11-12-17)14-5-3-4-6-14/h7-10,14,16H,2-6,11-12,17H2,1H3. The van der Waals surface area contributed by atoms with Crippen LogP contribution in [0.25, 0.3) is 0 Å². The maximum Gasteiger partial charge on any atom is -0.00713 e. The minimum absolute atomic E-state index is 0.702. The highest BCUT2D eigenvalue weighted by molar-refractivity contribution is 5.26. The number of aryl methyl sites for hydroxylation is 1. The van der Waals surface area contributed by atoms with Crippen LogP contribution in [0.1, 0.15) is 56.1 Å². The molecule has 1 aliphatic rings. The predicted molar refractivity (Wildman–Crippen MR) is 74.2 cm³/mol. The highest BCUT2D eigenvalue weighted by Gasteiger charge is 2.25. The fraction of sp³-hybridized carbons (Fsp3) is 0.625. The second kappa shape index (κ2) is 6.20. The van der Waals surface area contributed by atoms with E-state index in [0.29, 0.717) is 5.92 Å². The van der Waals surface area contributed by atoms with Gasteiger partial charge in [-0.05, 0) is 55.2 Å². The molecular formula is C16H25N. The van der Waals surface area contributed by atoms with Crippen LogP contribution in [-0.2, 0) is 6.42 Å². The normalized spacial score (nSPS) is 18.5. The van der Waals surface area contributed by atoms with Crippen molar-refractivity contribution in [1.82, 2.24) is 0 Å². The van der Waals surface area contributed by atoms with Gasteiger partial charge in [0.25, 0.3) is 0 Å². The van der Waals surface area contributed by atoms with Crippen molar-refractivity contribution in [3.05, 3.63) is 35.4 Å². The number of nitrogens with two attached hydrogens (primary N) is 1. The van der Waals surface area contributed by atoms with Crippen LogP contribution in [0.3, 0.4) is 0 Å². The lowest BCUT2D eigenvalue weighted by molar-refractivity contribution is 0.415. The quantitative estimate of drug-likeness (QED) is 0.818. The molecule has 1 aromatic carbocycles. The lowest BCUT2D eigenvalue weighted by atomic mass is 9.82. The zero-order valence-electron chi connectivity index (χ0n) is 11.0. The minimum atomic E-state index is 0.702. The van der Waals surface area contributed by atoms with Crippen LogP contribution in [0.15, 0.2) is 24.3 Å². The van der Waals surface area contributed by atoms with Gasteiger partial charge in [-0.25, -0.2) is 0 Å². The summed E-state index contributed by atoms with van der Waals surface area (Å²) in [5.74, 6) is 1.58. The third kappa shape index (κ3) is 3.10. The van der Waals surface area contributed by atoms with Gasteiger partial charge in [-0.1, -0.05) is 44.0 Å². The van der Waals surface area contributed by atoms with E-state index in [1.54, 1.807) is 0 Å². The molecule has 0 bridgehead atoms. The molecule has 0 aromatic heterocycles. The van der Waals surface area contributed by atoms with Gasteiger partial charge < -0.3 is 5.73 Å². The Morgan fingerprint density at radius 2 is 1.82 bits per heavy atom. The van der Waals surface area contributed by atoms with E-state index < -0.39 is 0 Å². The van der Waals surface area contributed by atoms with Crippen molar-refractivity contribution in [1.29, 1.82) is 0 Å². The van der Waals surface area contributed by atoms with Crippen LogP contribution in [-0.4, -0.2) is 6.54 Å². The van der Waals surface area contributed by atoms with Crippen LogP contribution in [0, 0.1) is 5.92 Å². The van der Waals surface area contributed by atoms with E-state index in [0.717, 1.165) is 25.3 Å². The number of benzene rings is 1. The van der Waals surface area contributed by atoms with E-state index in [2.05, 4.69) is 31.2 Å². The Balaban J connectivity index is 2.12. The Hall–Kier alpha value is -0.820. The smallest absolute Gasteiger partial charge is 0.00713 e. The van der Waals surface area contributed by atoms with E-state index in [9.17, 15) is 0 Å². The Morgan fingerprint density at radius 1 is 1.18 bits per heavy atom. The van der Waals surface area contributed by atoms with Crippen molar-refractivity contribution in [2.45, 2.75) is 51.4 Å². The molecule has 94 valence electrons. The number of rotatable bonds is 5. The van der Waals surface area contributed by atoms with E-state index >= 15 is 0 Å². The second-order valence-electron chi connectivity index (χ2n) is 5.32. The van der Waals surface area contributed by atoms with Crippen LogP contribution >= 0.6 is 0 Å². The molecule has 2 N–H and O–H groups in total. The van der Waals surface area contributed by atoms with E-state index in [4.69, 9.17) is 5.73 Å². The predicted octanol–water partition coefficient (Wildman–Crippen LogP) is 3.87. The monoisotopic (exact) mass is 231 g/mol. The first-order chi connectivity index (χ1) is 8.35. The summed E-state index contributed by atoms with van der Waals surface area (Å²) in [6, 6.07) is 9.23. The summed E-state index contributed by atoms with van der Waals surface area (Å²) in [4.78, 5) is 0. The van der Waals surface area contributed by atoms with Crippen molar-refractivity contribution in [2.24, 2.45) is 11.7 Å². The van der Waals surface area contributed by atoms with Gasteiger partial charge in [0, 0.05) is 0 Å². The lowest BCUT2D eigenvalue weighted by Gasteiger charge is -2.23. The van der Waals surface area contributed by atoms with Crippen LogP contribution in [0.2, 0.25) is 0 Å². The van der Waals surface area contributed by atoms with Gasteiger partial charge in [0.1, 0.15) is 0 Å². The Morgan fingerprint density at radius 3 is 2.35 bits per heavy atom. The summed E-state index contributed by atoms with van der Waals surface area (Å²) in [7, 11) is 0. The molecule has 1 unspecified atom stereocenters. The SMILES string of the molecule is CCc1ccc(C(CCN)C2CCCC2)cc1. The summed E-state index contributed by atoms with van der Waals surface area (Å²) >= 11 is 0. The van der Waals surface area contributed by atoms with Gasteiger partial charge in [0.05, 0.1) is 0 Å². The summed E-state index contributed by atoms with van der Waals surface area (Å²) < 4.78 is 0. The first-order valence-corrected chi connectivity index (χ1v) is 7.14. The van der Waals surface area contributed by atoms with Crippen molar-refractivity contribution in [3.63, 3.8) is 0 Å². The fourth-order valence-electron chi connectivity index (χ4n) is 3.21. The highest BCUT2D eigenvalue weighted by atomic mass is 14.5. The molecule has 1 aliphatic carbocycles. The van der Waals surface area contributed by atoms with Crippen molar-refractivity contribution in [3.8, 4) is 0 Å². The van der Waals surface area contributed by atoms with Gasteiger partial charge in [-0.15, -0.1) is 0 Å². The highest BCUT2D eigenvalue weighted by Crippen LogP contribution is 2.39. The minimum Gasteiger partial charge on any atom is -0.330 e. The van der Waals surface area contributed by atoms with Crippen molar-refractivity contribution < 1.29 is 0 Å². The molecule has 2 rings (SSSR count). The topological polar surface area (TPSA) is 26.0 Å². The molecule has 0 radical (unpaired) electrons. The van der Waals surface area contributed by atoms with Crippen LogP contribution in [0.5, 0.6) is 0 Å². The van der Waals surface area contributed by atoms with Gasteiger partial charge in [-0.2, -0.15) is 0 Å². The number of hydrogen-bond donors (Lipinski definition) is 1. The Bertz CT molecular complexity index is 322. The molecule has 1 nitrogen and oxygen atoms in total. The third-order valence-corrected chi connectivity index (χ3v) is 4.26.